The lowest BCUT2D eigenvalue weighted by molar-refractivity contribution is -0.123. The third kappa shape index (κ3) is 4.14. The monoisotopic (exact) mass is 543 g/mol. The summed E-state index contributed by atoms with van der Waals surface area (Å²) in [4.78, 5) is 35.0. The number of fused-ring (bicyclic) bond motifs is 1. The van der Waals surface area contributed by atoms with E-state index in [1.165, 1.54) is 26.2 Å². The number of hydrogen-bond acceptors (Lipinski definition) is 5. The molecule has 0 aliphatic carbocycles. The fraction of sp³-hybridized carbons (Fsp3) is 0.316. The van der Waals surface area contributed by atoms with Crippen LogP contribution in [0.15, 0.2) is 34.0 Å². The minimum Gasteiger partial charge on any atom is -0.338 e. The maximum absolute atomic E-state index is 12.6. The van der Waals surface area contributed by atoms with Crippen molar-refractivity contribution in [2.75, 3.05) is 19.4 Å². The second-order valence-electron chi connectivity index (χ2n) is 7.97. The van der Waals surface area contributed by atoms with Crippen LogP contribution >= 0.6 is 22.6 Å². The predicted molar refractivity (Wildman–Crippen MR) is 124 cm³/mol. The molecule has 0 saturated carbocycles. The summed E-state index contributed by atoms with van der Waals surface area (Å²) in [6.45, 7) is 5.28. The number of benzene rings is 1. The zero-order chi connectivity index (χ0) is 22.4. The molecule has 0 spiro atoms. The quantitative estimate of drug-likeness (QED) is 0.436. The van der Waals surface area contributed by atoms with Crippen molar-refractivity contribution in [1.82, 2.24) is 19.3 Å². The van der Waals surface area contributed by atoms with Gasteiger partial charge in [0.05, 0.1) is 19.5 Å². The van der Waals surface area contributed by atoms with Gasteiger partial charge in [0, 0.05) is 19.5 Å². The van der Waals surface area contributed by atoms with Crippen LogP contribution in [0.5, 0.6) is 0 Å². The largest absolute Gasteiger partial charge is 0.338 e. The number of aromatic amines is 2. The van der Waals surface area contributed by atoms with E-state index in [1.54, 1.807) is 32.9 Å². The van der Waals surface area contributed by atoms with Gasteiger partial charge in [0.2, 0.25) is 21.9 Å². The van der Waals surface area contributed by atoms with Gasteiger partial charge >= 0.3 is 0 Å². The molecule has 0 atom stereocenters. The summed E-state index contributed by atoms with van der Waals surface area (Å²) in [5, 5.41) is 2.98. The molecule has 0 aliphatic heterocycles. The first-order valence-electron chi connectivity index (χ1n) is 8.98. The van der Waals surface area contributed by atoms with Gasteiger partial charge in [-0.25, -0.2) is 12.7 Å². The van der Waals surface area contributed by atoms with Gasteiger partial charge in [-0.1, -0.05) is 32.9 Å². The van der Waals surface area contributed by atoms with E-state index in [0.717, 1.165) is 4.31 Å². The number of aromatic nitrogens is 3. The van der Waals surface area contributed by atoms with Crippen molar-refractivity contribution in [3.8, 4) is 11.3 Å². The van der Waals surface area contributed by atoms with Crippen molar-refractivity contribution in [2.45, 2.75) is 25.7 Å². The number of nitrogens with zero attached hydrogens (tertiary/aromatic N) is 2. The predicted octanol–water partition coefficient (Wildman–Crippen LogP) is 2.76. The Morgan fingerprint density at radius 2 is 1.73 bits per heavy atom. The minimum atomic E-state index is -3.53. The first-order valence-corrected chi connectivity index (χ1v) is 11.5. The number of halogens is 1. The smallest absolute Gasteiger partial charge is 0.262 e. The second-order valence-corrected chi connectivity index (χ2v) is 11.2. The standard InChI is InChI=1S/C19H22IN5O4S/c1-19(2,3)17(27)24-18-22-15-12(16(26)23-18)13(20)14(21-15)10-6-8-11(9-7-10)30(28,29)25(4)5/h6-9H,1-5H3,(H3,21,22,23,24,26,27). The summed E-state index contributed by atoms with van der Waals surface area (Å²) in [6, 6.07) is 6.36. The zero-order valence-electron chi connectivity index (χ0n) is 17.1. The number of amides is 1. The Morgan fingerprint density at radius 3 is 2.27 bits per heavy atom. The molecule has 0 radical (unpaired) electrons. The summed E-state index contributed by atoms with van der Waals surface area (Å²) in [5.41, 5.74) is 0.638. The van der Waals surface area contributed by atoms with Gasteiger partial charge < -0.3 is 4.98 Å². The molecule has 0 fully saturated rings. The molecule has 1 amide bonds. The van der Waals surface area contributed by atoms with Crippen LogP contribution < -0.4 is 10.9 Å². The van der Waals surface area contributed by atoms with Crippen LogP contribution in [0.3, 0.4) is 0 Å². The lowest BCUT2D eigenvalue weighted by Crippen LogP contribution is -2.29. The van der Waals surface area contributed by atoms with E-state index in [0.29, 0.717) is 25.9 Å². The Bertz CT molecular complexity index is 1290. The number of nitrogens with one attached hydrogen (secondary N) is 3. The molecular formula is C19H22IN5O4S. The number of hydrogen-bond donors (Lipinski definition) is 3. The van der Waals surface area contributed by atoms with Gasteiger partial charge in [-0.05, 0) is 40.3 Å². The van der Waals surface area contributed by atoms with Gasteiger partial charge in [-0.2, -0.15) is 4.98 Å². The van der Waals surface area contributed by atoms with Crippen molar-refractivity contribution in [1.29, 1.82) is 0 Å². The molecule has 30 heavy (non-hydrogen) atoms. The van der Waals surface area contributed by atoms with Crippen molar-refractivity contribution < 1.29 is 13.2 Å². The van der Waals surface area contributed by atoms with E-state index in [2.05, 4.69) is 20.3 Å². The fourth-order valence-corrected chi connectivity index (χ4v) is 4.47. The van der Waals surface area contributed by atoms with E-state index in [4.69, 9.17) is 0 Å². The van der Waals surface area contributed by atoms with Crippen molar-refractivity contribution in [3.05, 3.63) is 38.2 Å². The molecule has 0 unspecified atom stereocenters. The normalized spacial score (nSPS) is 12.5. The third-order valence-electron chi connectivity index (χ3n) is 4.44. The van der Waals surface area contributed by atoms with Gasteiger partial charge in [0.15, 0.2) is 0 Å². The summed E-state index contributed by atoms with van der Waals surface area (Å²) in [5.74, 6) is -0.215. The van der Waals surface area contributed by atoms with Crippen LogP contribution in [0.2, 0.25) is 0 Å². The zero-order valence-corrected chi connectivity index (χ0v) is 20.1. The van der Waals surface area contributed by atoms with Crippen LogP contribution in [0, 0.1) is 8.99 Å². The Kier molecular flexibility index (Phi) is 5.82. The highest BCUT2D eigenvalue weighted by molar-refractivity contribution is 14.1. The van der Waals surface area contributed by atoms with E-state index < -0.39 is 15.4 Å². The molecule has 0 saturated heterocycles. The number of sulfonamides is 1. The number of carbonyl (C=O) groups is 1. The number of anilines is 1. The topological polar surface area (TPSA) is 128 Å². The lowest BCUT2D eigenvalue weighted by Gasteiger charge is -2.16. The molecule has 3 aromatic rings. The van der Waals surface area contributed by atoms with Gasteiger partial charge in [-0.3, -0.25) is 19.9 Å². The molecule has 3 rings (SSSR count). The Hall–Kier alpha value is -2.25. The molecule has 160 valence electrons. The Labute approximate surface area is 187 Å². The van der Waals surface area contributed by atoms with Crippen molar-refractivity contribution in [2.24, 2.45) is 5.41 Å². The van der Waals surface area contributed by atoms with Crippen LogP contribution in [-0.2, 0) is 14.8 Å². The number of rotatable bonds is 4. The Morgan fingerprint density at radius 1 is 1.13 bits per heavy atom. The van der Waals surface area contributed by atoms with Gasteiger partial charge in [0.1, 0.15) is 5.65 Å². The van der Waals surface area contributed by atoms with Gasteiger partial charge in [-0.15, -0.1) is 0 Å². The van der Waals surface area contributed by atoms with Crippen LogP contribution in [0.1, 0.15) is 20.8 Å². The molecule has 3 N–H and O–H groups in total. The average molecular weight is 543 g/mol. The maximum atomic E-state index is 12.6. The number of carbonyl (C=O) groups excluding carboxylic acids is 1. The highest BCUT2D eigenvalue weighted by atomic mass is 127. The highest BCUT2D eigenvalue weighted by Gasteiger charge is 2.23. The Balaban J connectivity index is 2.04. The highest BCUT2D eigenvalue weighted by Crippen LogP contribution is 2.30. The first kappa shape index (κ1) is 22.4. The molecule has 0 aliphatic rings. The minimum absolute atomic E-state index is 0.0593. The summed E-state index contributed by atoms with van der Waals surface area (Å²) >= 11 is 2.04. The second kappa shape index (κ2) is 7.78. The fourth-order valence-electron chi connectivity index (χ4n) is 2.62. The SMILES string of the molecule is CN(C)S(=O)(=O)c1ccc(-c2[nH]c3nc(NC(=O)C(C)(C)C)[nH]c(=O)c3c2I)cc1. The molecule has 1 aromatic carbocycles. The molecule has 2 aromatic heterocycles. The van der Waals surface area contributed by atoms with E-state index >= 15 is 0 Å². The molecule has 0 bridgehead atoms. The van der Waals surface area contributed by atoms with Crippen LogP contribution in [0.4, 0.5) is 5.95 Å². The van der Waals surface area contributed by atoms with Crippen molar-refractivity contribution in [3.63, 3.8) is 0 Å². The first-order chi connectivity index (χ1) is 13.8. The molecule has 11 heteroatoms. The summed E-state index contributed by atoms with van der Waals surface area (Å²) in [6.07, 6.45) is 0. The van der Waals surface area contributed by atoms with Crippen LogP contribution in [0.25, 0.3) is 22.3 Å². The van der Waals surface area contributed by atoms with Gasteiger partial charge in [0.25, 0.3) is 5.56 Å². The van der Waals surface area contributed by atoms with Crippen molar-refractivity contribution >= 4 is 55.5 Å². The maximum Gasteiger partial charge on any atom is 0.262 e. The van der Waals surface area contributed by atoms with E-state index in [1.807, 2.05) is 22.6 Å². The molecular weight excluding hydrogens is 521 g/mol. The average Bonchev–Trinajstić information content (AvgIpc) is 2.97. The molecule has 2 heterocycles. The third-order valence-corrected chi connectivity index (χ3v) is 7.34. The van der Waals surface area contributed by atoms with E-state index in [9.17, 15) is 18.0 Å². The summed E-state index contributed by atoms with van der Waals surface area (Å²) < 4.78 is 26.3. The lowest BCUT2D eigenvalue weighted by atomic mass is 9.96. The van der Waals surface area contributed by atoms with Crippen LogP contribution in [-0.4, -0.2) is 47.7 Å². The summed E-state index contributed by atoms with van der Waals surface area (Å²) in [7, 11) is -0.593. The van der Waals surface area contributed by atoms with E-state index in [-0.39, 0.29) is 22.3 Å². The molecule has 9 nitrogen and oxygen atoms in total. The number of H-pyrrole nitrogens is 2.